The molecule has 0 aliphatic carbocycles. The van der Waals surface area contributed by atoms with Gasteiger partial charge in [-0.3, -0.25) is 9.69 Å². The van der Waals surface area contributed by atoms with Gasteiger partial charge in [0, 0.05) is 6.42 Å². The third-order valence-electron chi connectivity index (χ3n) is 5.11. The molecule has 0 aliphatic rings. The van der Waals surface area contributed by atoms with Crippen LogP contribution in [-0.4, -0.2) is 52.1 Å². The van der Waals surface area contributed by atoms with Crippen molar-refractivity contribution in [3.8, 4) is 0 Å². The number of unbranched alkanes of at least 4 members (excludes halogenated alkanes) is 11. The summed E-state index contributed by atoms with van der Waals surface area (Å²) in [6, 6.07) is 0. The Labute approximate surface area is 180 Å². The predicted molar refractivity (Wildman–Crippen MR) is 123 cm³/mol. The summed E-state index contributed by atoms with van der Waals surface area (Å²) in [6.07, 6.45) is 15.6. The predicted octanol–water partition coefficient (Wildman–Crippen LogP) is 5.83. The van der Waals surface area contributed by atoms with Gasteiger partial charge in [0.2, 0.25) is 0 Å². The molecule has 0 rings (SSSR count). The van der Waals surface area contributed by atoms with Gasteiger partial charge in [-0.25, -0.2) is 0 Å². The quantitative estimate of drug-likeness (QED) is 0.205. The number of rotatable bonds is 17. The molecule has 5 heteroatoms. The van der Waals surface area contributed by atoms with Crippen molar-refractivity contribution in [2.24, 2.45) is 5.92 Å². The molecule has 176 valence electrons. The van der Waals surface area contributed by atoms with Crippen molar-refractivity contribution in [3.63, 3.8) is 0 Å². The molecule has 29 heavy (non-hydrogen) atoms. The van der Waals surface area contributed by atoms with E-state index in [9.17, 15) is 15.0 Å². The van der Waals surface area contributed by atoms with Crippen LogP contribution in [0.3, 0.4) is 0 Å². The first kappa shape index (κ1) is 30.5. The number of aliphatic hydroxyl groups excluding tert-OH is 1. The third kappa shape index (κ3) is 21.9. The lowest BCUT2D eigenvalue weighted by atomic mass is 9.92. The molecule has 5 nitrogen and oxygen atoms in total. The van der Waals surface area contributed by atoms with Crippen LogP contribution in [0, 0.1) is 5.92 Å². The summed E-state index contributed by atoms with van der Waals surface area (Å²) in [4.78, 5) is 11.9. The first-order valence-corrected chi connectivity index (χ1v) is 11.8. The van der Waals surface area contributed by atoms with Gasteiger partial charge in [-0.1, -0.05) is 91.4 Å². The zero-order valence-corrected chi connectivity index (χ0v) is 20.3. The van der Waals surface area contributed by atoms with E-state index < -0.39 is 17.8 Å². The number of carboxylic acid groups (broad SMARTS) is 1. The molecule has 0 aromatic heterocycles. The first-order chi connectivity index (χ1) is 13.5. The normalized spacial score (nSPS) is 14.4. The van der Waals surface area contributed by atoms with Crippen LogP contribution < -0.4 is 0 Å². The van der Waals surface area contributed by atoms with Gasteiger partial charge in [0.05, 0.1) is 0 Å². The maximum Gasteiger partial charge on any atom is 0.303 e. The Kier molecular flexibility index (Phi) is 20.3. The van der Waals surface area contributed by atoms with Gasteiger partial charge in [-0.05, 0) is 39.8 Å². The molecule has 2 unspecified atom stereocenters. The molecule has 0 fully saturated rings. The van der Waals surface area contributed by atoms with E-state index in [1.54, 1.807) is 25.9 Å². The maximum absolute atomic E-state index is 10.3. The minimum absolute atomic E-state index is 0.345. The number of aliphatic hydroxyl groups is 2. The standard InChI is InChI=1S/C15H30O2.C9H21NO2/c1-2-3-4-5-6-7-8-9-10-11-12-13-14-15(16)17;1-7(2)6-9(3,12)8(11)10(4)5/h2-14H2,1H3,(H,16,17);7-8,11-12H,6H2,1-5H3. The maximum atomic E-state index is 10.3. The van der Waals surface area contributed by atoms with Crippen molar-refractivity contribution in [3.05, 3.63) is 0 Å². The largest absolute Gasteiger partial charge is 0.481 e. The van der Waals surface area contributed by atoms with Gasteiger partial charge in [-0.2, -0.15) is 0 Å². The van der Waals surface area contributed by atoms with Crippen LogP contribution in [0.1, 0.15) is 118 Å². The number of aliphatic carboxylic acids is 1. The highest BCUT2D eigenvalue weighted by molar-refractivity contribution is 5.66. The van der Waals surface area contributed by atoms with E-state index in [1.165, 1.54) is 64.2 Å². The second kappa shape index (κ2) is 19.3. The molecule has 0 saturated carbocycles. The highest BCUT2D eigenvalue weighted by Gasteiger charge is 2.32. The summed E-state index contributed by atoms with van der Waals surface area (Å²) < 4.78 is 0. The lowest BCUT2D eigenvalue weighted by Gasteiger charge is -2.34. The second-order valence-electron chi connectivity index (χ2n) is 9.33. The molecule has 0 amide bonds. The summed E-state index contributed by atoms with van der Waals surface area (Å²) >= 11 is 0. The zero-order valence-electron chi connectivity index (χ0n) is 20.3. The van der Waals surface area contributed by atoms with Crippen molar-refractivity contribution in [1.29, 1.82) is 0 Å². The van der Waals surface area contributed by atoms with E-state index in [2.05, 4.69) is 6.92 Å². The highest BCUT2D eigenvalue weighted by Crippen LogP contribution is 2.21. The average Bonchev–Trinajstić information content (AvgIpc) is 2.61. The molecular weight excluding hydrogens is 366 g/mol. The fraction of sp³-hybridized carbons (Fsp3) is 0.958. The minimum Gasteiger partial charge on any atom is -0.481 e. The number of carboxylic acids is 1. The molecular formula is C24H51NO4. The van der Waals surface area contributed by atoms with Gasteiger partial charge in [0.15, 0.2) is 0 Å². The first-order valence-electron chi connectivity index (χ1n) is 11.8. The van der Waals surface area contributed by atoms with Crippen molar-refractivity contribution >= 4 is 5.97 Å². The Morgan fingerprint density at radius 2 is 1.24 bits per heavy atom. The van der Waals surface area contributed by atoms with Gasteiger partial charge < -0.3 is 15.3 Å². The summed E-state index contributed by atoms with van der Waals surface area (Å²) in [5, 5.41) is 27.9. The van der Waals surface area contributed by atoms with E-state index in [1.807, 2.05) is 13.8 Å². The van der Waals surface area contributed by atoms with Gasteiger partial charge >= 0.3 is 5.97 Å². The van der Waals surface area contributed by atoms with Crippen LogP contribution in [0.2, 0.25) is 0 Å². The van der Waals surface area contributed by atoms with E-state index >= 15 is 0 Å². The monoisotopic (exact) mass is 417 g/mol. The molecule has 0 bridgehead atoms. The summed E-state index contributed by atoms with van der Waals surface area (Å²) in [5.74, 6) is -0.272. The van der Waals surface area contributed by atoms with Crippen LogP contribution in [-0.2, 0) is 4.79 Å². The second-order valence-corrected chi connectivity index (χ2v) is 9.33. The van der Waals surface area contributed by atoms with Crippen molar-refractivity contribution in [1.82, 2.24) is 4.90 Å². The molecule has 0 saturated heterocycles. The third-order valence-corrected chi connectivity index (χ3v) is 5.11. The van der Waals surface area contributed by atoms with Gasteiger partial charge in [-0.15, -0.1) is 0 Å². The molecule has 0 radical (unpaired) electrons. The minimum atomic E-state index is -1.02. The number of hydrogen-bond acceptors (Lipinski definition) is 4. The van der Waals surface area contributed by atoms with Gasteiger partial charge in [0.1, 0.15) is 11.8 Å². The molecule has 0 aromatic rings. The number of carbonyl (C=O) groups is 1. The number of nitrogens with zero attached hydrogens (tertiary/aromatic N) is 1. The van der Waals surface area contributed by atoms with Crippen LogP contribution in [0.4, 0.5) is 0 Å². The topological polar surface area (TPSA) is 81.0 Å². The SMILES string of the molecule is CC(C)CC(C)(O)C(O)N(C)C.CCCCCCCCCCCCCCC(=O)O. The highest BCUT2D eigenvalue weighted by atomic mass is 16.4. The Morgan fingerprint density at radius 1 is 0.862 bits per heavy atom. The molecule has 0 spiro atoms. The van der Waals surface area contributed by atoms with Crippen molar-refractivity contribution < 1.29 is 20.1 Å². The molecule has 0 aliphatic heterocycles. The summed E-state index contributed by atoms with van der Waals surface area (Å²) in [7, 11) is 3.50. The number of likely N-dealkylation sites (N-methyl/N-ethyl adjacent to an activating group) is 1. The summed E-state index contributed by atoms with van der Waals surface area (Å²) in [5.41, 5.74) is -1.02. The lowest BCUT2D eigenvalue weighted by molar-refractivity contribution is -0.137. The van der Waals surface area contributed by atoms with Crippen LogP contribution >= 0.6 is 0 Å². The van der Waals surface area contributed by atoms with Crippen LogP contribution in [0.25, 0.3) is 0 Å². The average molecular weight is 418 g/mol. The van der Waals surface area contributed by atoms with Crippen LogP contribution in [0.15, 0.2) is 0 Å². The molecule has 3 N–H and O–H groups in total. The fourth-order valence-corrected chi connectivity index (χ4v) is 3.61. The Morgan fingerprint density at radius 3 is 1.55 bits per heavy atom. The molecule has 0 heterocycles. The number of hydrogen-bond donors (Lipinski definition) is 3. The Bertz CT molecular complexity index is 370. The molecule has 0 aromatic carbocycles. The van der Waals surface area contributed by atoms with Crippen LogP contribution in [0.5, 0.6) is 0 Å². The van der Waals surface area contributed by atoms with Crippen molar-refractivity contribution in [2.75, 3.05) is 14.1 Å². The lowest BCUT2D eigenvalue weighted by Crippen LogP contribution is -2.48. The zero-order chi connectivity index (χ0) is 22.7. The molecule has 2 atom stereocenters. The van der Waals surface area contributed by atoms with E-state index in [4.69, 9.17) is 5.11 Å². The van der Waals surface area contributed by atoms with Crippen molar-refractivity contribution in [2.45, 2.75) is 129 Å². The van der Waals surface area contributed by atoms with E-state index in [0.717, 1.165) is 12.8 Å². The Hall–Kier alpha value is -0.650. The van der Waals surface area contributed by atoms with Gasteiger partial charge in [0.25, 0.3) is 0 Å². The smallest absolute Gasteiger partial charge is 0.303 e. The fourth-order valence-electron chi connectivity index (χ4n) is 3.61. The van der Waals surface area contributed by atoms with E-state index in [-0.39, 0.29) is 0 Å². The summed E-state index contributed by atoms with van der Waals surface area (Å²) in [6.45, 7) is 7.97. The Balaban J connectivity index is 0. The van der Waals surface area contributed by atoms with E-state index in [0.29, 0.717) is 18.8 Å².